The molecule has 0 saturated heterocycles. The summed E-state index contributed by atoms with van der Waals surface area (Å²) in [6.07, 6.45) is 2.43. The van der Waals surface area contributed by atoms with E-state index in [0.29, 0.717) is 32.9 Å². The highest BCUT2D eigenvalue weighted by molar-refractivity contribution is 7.15. The lowest BCUT2D eigenvalue weighted by Gasteiger charge is -2.02. The monoisotopic (exact) mass is 476 g/mol. The van der Waals surface area contributed by atoms with Crippen molar-refractivity contribution >= 4 is 57.2 Å². The van der Waals surface area contributed by atoms with Crippen LogP contribution >= 0.6 is 46.1 Å². The molecule has 152 valence electrons. The number of benzene rings is 2. The van der Waals surface area contributed by atoms with E-state index in [9.17, 15) is 4.79 Å². The van der Waals surface area contributed by atoms with Crippen LogP contribution < -0.4 is 5.32 Å². The van der Waals surface area contributed by atoms with E-state index in [4.69, 9.17) is 39.2 Å². The standard InChI is InChI=1S/C22H15Cl3N2O2S/c1-12-2-3-13(9-18(12)25)8-15-11-26-22(30-15)27-21(28)20-7-6-19(29-20)16-10-14(23)4-5-17(16)24/h2-7,9-11H,8H2,1H3,(H,26,27,28). The quantitative estimate of drug-likeness (QED) is 0.323. The maximum absolute atomic E-state index is 12.5. The van der Waals surface area contributed by atoms with Crippen molar-refractivity contribution in [2.24, 2.45) is 0 Å². The molecule has 1 amide bonds. The van der Waals surface area contributed by atoms with Crippen LogP contribution in [0.5, 0.6) is 0 Å². The van der Waals surface area contributed by atoms with Crippen LogP contribution in [0.15, 0.2) is 59.1 Å². The van der Waals surface area contributed by atoms with Gasteiger partial charge in [-0.15, -0.1) is 11.3 Å². The first kappa shape index (κ1) is 20.9. The van der Waals surface area contributed by atoms with E-state index in [-0.39, 0.29) is 5.76 Å². The number of rotatable bonds is 5. The summed E-state index contributed by atoms with van der Waals surface area (Å²) in [4.78, 5) is 17.8. The number of carbonyl (C=O) groups excluding carboxylic acids is 1. The second-order valence-corrected chi connectivity index (χ2v) is 9.00. The lowest BCUT2D eigenvalue weighted by molar-refractivity contribution is 0.0997. The van der Waals surface area contributed by atoms with Crippen LogP contribution in [-0.4, -0.2) is 10.9 Å². The highest BCUT2D eigenvalue weighted by atomic mass is 35.5. The third-order valence-electron chi connectivity index (χ3n) is 4.41. The Hall–Kier alpha value is -2.31. The number of carbonyl (C=O) groups is 1. The predicted molar refractivity (Wildman–Crippen MR) is 123 cm³/mol. The van der Waals surface area contributed by atoms with Crippen LogP contribution in [0, 0.1) is 6.92 Å². The summed E-state index contributed by atoms with van der Waals surface area (Å²) < 4.78 is 5.67. The van der Waals surface area contributed by atoms with Crippen LogP contribution in [0.4, 0.5) is 5.13 Å². The Bertz CT molecular complexity index is 1230. The van der Waals surface area contributed by atoms with Gasteiger partial charge in [-0.1, -0.05) is 46.9 Å². The molecule has 0 unspecified atom stereocenters. The molecule has 0 aliphatic carbocycles. The minimum Gasteiger partial charge on any atom is -0.451 e. The number of nitrogens with one attached hydrogen (secondary N) is 1. The van der Waals surface area contributed by atoms with Gasteiger partial charge in [-0.3, -0.25) is 10.1 Å². The van der Waals surface area contributed by atoms with Gasteiger partial charge in [-0.25, -0.2) is 4.98 Å². The Morgan fingerprint density at radius 1 is 1.07 bits per heavy atom. The number of amides is 1. The number of aromatic nitrogens is 1. The molecule has 4 rings (SSSR count). The number of nitrogens with zero attached hydrogens (tertiary/aromatic N) is 1. The Balaban J connectivity index is 1.45. The molecule has 4 nitrogen and oxygen atoms in total. The summed E-state index contributed by atoms with van der Waals surface area (Å²) in [5.74, 6) is 0.227. The summed E-state index contributed by atoms with van der Waals surface area (Å²) in [6, 6.07) is 14.3. The van der Waals surface area contributed by atoms with E-state index in [2.05, 4.69) is 10.3 Å². The zero-order valence-electron chi connectivity index (χ0n) is 15.7. The molecule has 0 saturated carbocycles. The Morgan fingerprint density at radius 2 is 1.90 bits per heavy atom. The number of anilines is 1. The van der Waals surface area contributed by atoms with E-state index < -0.39 is 5.91 Å². The molecule has 0 aliphatic rings. The molecule has 1 N–H and O–H groups in total. The first-order chi connectivity index (χ1) is 14.4. The number of thiazole rings is 1. The summed E-state index contributed by atoms with van der Waals surface area (Å²) in [5, 5.41) is 5.01. The zero-order chi connectivity index (χ0) is 21.3. The van der Waals surface area contributed by atoms with Gasteiger partial charge in [0, 0.05) is 33.1 Å². The lowest BCUT2D eigenvalue weighted by Crippen LogP contribution is -2.10. The molecule has 2 aromatic heterocycles. The molecule has 0 bridgehead atoms. The number of hydrogen-bond acceptors (Lipinski definition) is 4. The predicted octanol–water partition coefficient (Wildman–Crippen LogP) is 7.51. The maximum atomic E-state index is 12.5. The first-order valence-corrected chi connectivity index (χ1v) is 10.9. The maximum Gasteiger partial charge on any atom is 0.293 e. The molecule has 2 aromatic carbocycles. The Morgan fingerprint density at radius 3 is 2.70 bits per heavy atom. The van der Waals surface area contributed by atoms with E-state index in [0.717, 1.165) is 21.0 Å². The number of hydrogen-bond donors (Lipinski definition) is 1. The third kappa shape index (κ3) is 4.71. The molecule has 8 heteroatoms. The van der Waals surface area contributed by atoms with Crippen molar-refractivity contribution in [3.05, 3.63) is 91.6 Å². The SMILES string of the molecule is Cc1ccc(Cc2cnc(NC(=O)c3ccc(-c4cc(Cl)ccc4Cl)o3)s2)cc1Cl. The van der Waals surface area contributed by atoms with E-state index in [1.54, 1.807) is 36.5 Å². The van der Waals surface area contributed by atoms with Gasteiger partial charge in [0.1, 0.15) is 5.76 Å². The molecule has 0 atom stereocenters. The van der Waals surface area contributed by atoms with Gasteiger partial charge in [-0.2, -0.15) is 0 Å². The van der Waals surface area contributed by atoms with E-state index in [1.165, 1.54) is 11.3 Å². The second-order valence-electron chi connectivity index (χ2n) is 6.63. The van der Waals surface area contributed by atoms with Crippen LogP contribution in [-0.2, 0) is 6.42 Å². The van der Waals surface area contributed by atoms with Crippen molar-refractivity contribution in [2.75, 3.05) is 5.32 Å². The first-order valence-electron chi connectivity index (χ1n) is 8.95. The fraction of sp³-hybridized carbons (Fsp3) is 0.0909. The molecular formula is C22H15Cl3N2O2S. The van der Waals surface area contributed by atoms with Crippen molar-refractivity contribution in [3.8, 4) is 11.3 Å². The van der Waals surface area contributed by atoms with Crippen molar-refractivity contribution in [3.63, 3.8) is 0 Å². The van der Waals surface area contributed by atoms with Crippen molar-refractivity contribution in [2.45, 2.75) is 13.3 Å². The fourth-order valence-corrected chi connectivity index (χ4v) is 4.27. The molecule has 4 aromatic rings. The highest BCUT2D eigenvalue weighted by Crippen LogP contribution is 2.32. The fourth-order valence-electron chi connectivity index (χ4n) is 2.84. The molecule has 0 fully saturated rings. The number of aryl methyl sites for hydroxylation is 1. The van der Waals surface area contributed by atoms with Gasteiger partial charge >= 0.3 is 0 Å². The molecule has 0 radical (unpaired) electrons. The second kappa shape index (κ2) is 8.82. The van der Waals surface area contributed by atoms with Crippen LogP contribution in [0.3, 0.4) is 0 Å². The summed E-state index contributed by atoms with van der Waals surface area (Å²) in [5.41, 5.74) is 2.74. The van der Waals surface area contributed by atoms with Crippen LogP contribution in [0.25, 0.3) is 11.3 Å². The van der Waals surface area contributed by atoms with Crippen molar-refractivity contribution in [1.29, 1.82) is 0 Å². The molecule has 30 heavy (non-hydrogen) atoms. The van der Waals surface area contributed by atoms with Gasteiger partial charge in [0.15, 0.2) is 10.9 Å². The Labute approximate surface area is 192 Å². The lowest BCUT2D eigenvalue weighted by atomic mass is 10.1. The Kier molecular flexibility index (Phi) is 6.16. The molecular weight excluding hydrogens is 463 g/mol. The van der Waals surface area contributed by atoms with Gasteiger partial charge < -0.3 is 4.42 Å². The average molecular weight is 478 g/mol. The zero-order valence-corrected chi connectivity index (χ0v) is 18.8. The number of furan rings is 1. The summed E-state index contributed by atoms with van der Waals surface area (Å²) in [7, 11) is 0. The molecule has 2 heterocycles. The van der Waals surface area contributed by atoms with Crippen LogP contribution in [0.2, 0.25) is 15.1 Å². The van der Waals surface area contributed by atoms with E-state index in [1.807, 2.05) is 25.1 Å². The van der Waals surface area contributed by atoms with Crippen LogP contribution in [0.1, 0.15) is 26.6 Å². The minimum atomic E-state index is -0.390. The average Bonchev–Trinajstić information content (AvgIpc) is 3.36. The van der Waals surface area contributed by atoms with Gasteiger partial charge in [0.05, 0.1) is 5.02 Å². The third-order valence-corrected chi connectivity index (χ3v) is 6.30. The molecule has 0 spiro atoms. The number of halogens is 3. The summed E-state index contributed by atoms with van der Waals surface area (Å²) in [6.45, 7) is 1.97. The summed E-state index contributed by atoms with van der Waals surface area (Å²) >= 11 is 19.8. The van der Waals surface area contributed by atoms with Gasteiger partial charge in [0.2, 0.25) is 0 Å². The molecule has 0 aliphatic heterocycles. The van der Waals surface area contributed by atoms with Crippen molar-refractivity contribution < 1.29 is 9.21 Å². The van der Waals surface area contributed by atoms with E-state index >= 15 is 0 Å². The largest absolute Gasteiger partial charge is 0.451 e. The highest BCUT2D eigenvalue weighted by Gasteiger charge is 2.16. The smallest absolute Gasteiger partial charge is 0.293 e. The van der Waals surface area contributed by atoms with Crippen molar-refractivity contribution in [1.82, 2.24) is 4.98 Å². The topological polar surface area (TPSA) is 55.1 Å². The van der Waals surface area contributed by atoms with Gasteiger partial charge in [0.25, 0.3) is 5.91 Å². The van der Waals surface area contributed by atoms with Gasteiger partial charge in [-0.05, 0) is 54.4 Å². The minimum absolute atomic E-state index is 0.156. The normalized spacial score (nSPS) is 10.9.